The highest BCUT2D eigenvalue weighted by molar-refractivity contribution is 5.91. The standard InChI is InChI=1S/C18H15NO6/c1-24-16(21)18-12-9-13(18)11-14(18)10(12)17(9,11)6-25-15(20)7-3-2-4-8(5-7)19(22)23/h2-5,9-14H,6H2,1H3. The van der Waals surface area contributed by atoms with Crippen molar-refractivity contribution >= 4 is 17.6 Å². The number of ether oxygens (including phenoxy) is 2. The van der Waals surface area contributed by atoms with Crippen molar-refractivity contribution < 1.29 is 24.0 Å². The third-order valence-electron chi connectivity index (χ3n) is 8.12. The molecule has 0 saturated heterocycles. The normalized spacial score (nSPS) is 47.7. The molecule has 0 bridgehead atoms. The molecule has 0 spiro atoms. The van der Waals surface area contributed by atoms with Crippen LogP contribution in [-0.4, -0.2) is 30.6 Å². The Morgan fingerprint density at radius 2 is 1.80 bits per heavy atom. The summed E-state index contributed by atoms with van der Waals surface area (Å²) < 4.78 is 10.5. The number of methoxy groups -OCH3 is 1. The summed E-state index contributed by atoms with van der Waals surface area (Å²) in [5, 5.41) is 10.8. The zero-order valence-corrected chi connectivity index (χ0v) is 13.4. The minimum atomic E-state index is -0.526. The maximum Gasteiger partial charge on any atom is 0.338 e. The fraction of sp³-hybridized carbons (Fsp3) is 0.556. The van der Waals surface area contributed by atoms with E-state index in [9.17, 15) is 19.7 Å². The minimum Gasteiger partial charge on any atom is -0.469 e. The summed E-state index contributed by atoms with van der Waals surface area (Å²) in [7, 11) is 1.46. The Hall–Kier alpha value is -2.44. The van der Waals surface area contributed by atoms with Gasteiger partial charge in [0, 0.05) is 17.5 Å². The lowest BCUT2D eigenvalue weighted by Gasteiger charge is -3.10. The number of rotatable bonds is 5. The van der Waals surface area contributed by atoms with Gasteiger partial charge in [-0.25, -0.2) is 4.79 Å². The molecule has 7 heteroatoms. The van der Waals surface area contributed by atoms with Crippen LogP contribution in [0.3, 0.4) is 0 Å². The lowest BCUT2D eigenvalue weighted by atomic mass is 8.92. The van der Waals surface area contributed by atoms with E-state index in [-0.39, 0.29) is 28.1 Å². The van der Waals surface area contributed by atoms with E-state index < -0.39 is 10.9 Å². The Morgan fingerprint density at radius 3 is 2.36 bits per heavy atom. The van der Waals surface area contributed by atoms with Gasteiger partial charge in [-0.2, -0.15) is 0 Å². The number of esters is 2. The van der Waals surface area contributed by atoms with Crippen molar-refractivity contribution in [2.24, 2.45) is 46.3 Å². The van der Waals surface area contributed by atoms with Gasteiger partial charge >= 0.3 is 11.9 Å². The Bertz CT molecular complexity index is 838. The Balaban J connectivity index is 1.15. The molecule has 6 aliphatic rings. The number of hydrogen-bond donors (Lipinski definition) is 0. The fourth-order valence-electron chi connectivity index (χ4n) is 7.64. The number of non-ortho nitro benzene ring substituents is 1. The highest BCUT2D eigenvalue weighted by atomic mass is 16.6. The van der Waals surface area contributed by atoms with Crippen molar-refractivity contribution in [1.29, 1.82) is 0 Å². The summed E-state index contributed by atoms with van der Waals surface area (Å²) in [6, 6.07) is 5.61. The van der Waals surface area contributed by atoms with Crippen LogP contribution in [0.5, 0.6) is 0 Å². The van der Waals surface area contributed by atoms with Crippen LogP contribution in [0.4, 0.5) is 5.69 Å². The average molecular weight is 341 g/mol. The Labute approximate surface area is 142 Å². The second kappa shape index (κ2) is 3.71. The van der Waals surface area contributed by atoms with Crippen molar-refractivity contribution in [3.05, 3.63) is 39.9 Å². The van der Waals surface area contributed by atoms with E-state index in [0.29, 0.717) is 42.1 Å². The van der Waals surface area contributed by atoms with Crippen LogP contribution in [-0.2, 0) is 14.3 Å². The number of carbonyl (C=O) groups is 2. The Morgan fingerprint density at radius 1 is 1.16 bits per heavy atom. The van der Waals surface area contributed by atoms with Gasteiger partial charge in [0.05, 0.1) is 29.6 Å². The highest BCUT2D eigenvalue weighted by Gasteiger charge is 3.11. The van der Waals surface area contributed by atoms with Gasteiger partial charge in [0.2, 0.25) is 0 Å². The SMILES string of the molecule is COC(=O)C12C3C4C1C1C2C3C41COC(=O)c1cccc([N+](=O)[O-])c1. The molecule has 0 heterocycles. The molecule has 1 aromatic carbocycles. The largest absolute Gasteiger partial charge is 0.469 e. The average Bonchev–Trinajstić information content (AvgIpc) is 2.65. The molecule has 0 atom stereocenters. The van der Waals surface area contributed by atoms with Crippen molar-refractivity contribution in [1.82, 2.24) is 0 Å². The minimum absolute atomic E-state index is 0.0434. The van der Waals surface area contributed by atoms with Gasteiger partial charge < -0.3 is 9.47 Å². The van der Waals surface area contributed by atoms with Gasteiger partial charge in [-0.15, -0.1) is 0 Å². The zero-order chi connectivity index (χ0) is 17.3. The number of nitro benzene ring substituents is 1. The number of hydrogen-bond acceptors (Lipinski definition) is 6. The molecule has 0 radical (unpaired) electrons. The smallest absolute Gasteiger partial charge is 0.338 e. The molecule has 0 aromatic heterocycles. The molecular weight excluding hydrogens is 326 g/mol. The zero-order valence-electron chi connectivity index (χ0n) is 13.4. The maximum atomic E-state index is 12.3. The number of nitro groups is 1. The van der Waals surface area contributed by atoms with Crippen LogP contribution in [0, 0.1) is 56.5 Å². The Kier molecular flexibility index (Phi) is 2.05. The van der Waals surface area contributed by atoms with Crippen molar-refractivity contribution in [2.75, 3.05) is 13.7 Å². The van der Waals surface area contributed by atoms with Crippen molar-refractivity contribution in [3.63, 3.8) is 0 Å². The number of nitrogens with zero attached hydrogens (tertiary/aromatic N) is 1. The predicted molar refractivity (Wildman–Crippen MR) is 81.2 cm³/mol. The van der Waals surface area contributed by atoms with E-state index in [1.54, 1.807) is 0 Å². The van der Waals surface area contributed by atoms with E-state index >= 15 is 0 Å². The summed E-state index contributed by atoms with van der Waals surface area (Å²) in [5.74, 6) is 2.28. The predicted octanol–water partition coefficient (Wildman–Crippen LogP) is 1.66. The van der Waals surface area contributed by atoms with E-state index in [1.807, 2.05) is 0 Å². The monoisotopic (exact) mass is 341 g/mol. The third kappa shape index (κ3) is 1.03. The van der Waals surface area contributed by atoms with Gasteiger partial charge in [0.25, 0.3) is 5.69 Å². The van der Waals surface area contributed by atoms with Gasteiger partial charge in [-0.3, -0.25) is 14.9 Å². The van der Waals surface area contributed by atoms with Gasteiger partial charge in [-0.1, -0.05) is 6.07 Å². The van der Waals surface area contributed by atoms with Crippen LogP contribution in [0.1, 0.15) is 10.4 Å². The fourth-order valence-corrected chi connectivity index (χ4v) is 7.64. The first-order chi connectivity index (χ1) is 12.0. The molecular formula is C18H15NO6. The molecule has 0 amide bonds. The first-order valence-electron chi connectivity index (χ1n) is 8.51. The second-order valence-corrected chi connectivity index (χ2v) is 8.08. The van der Waals surface area contributed by atoms with Crippen molar-refractivity contribution in [3.8, 4) is 0 Å². The summed E-state index contributed by atoms with van der Waals surface area (Å²) in [5.41, 5.74) is -0.00441. The lowest BCUT2D eigenvalue weighted by molar-refractivity contribution is -0.645. The van der Waals surface area contributed by atoms with E-state index in [4.69, 9.17) is 9.47 Å². The van der Waals surface area contributed by atoms with E-state index in [1.165, 1.54) is 31.4 Å². The van der Waals surface area contributed by atoms with Gasteiger partial charge in [-0.05, 0) is 41.6 Å². The first-order valence-corrected chi connectivity index (χ1v) is 8.51. The molecule has 6 fully saturated rings. The summed E-state index contributed by atoms with van der Waals surface area (Å²) >= 11 is 0. The second-order valence-electron chi connectivity index (χ2n) is 8.08. The van der Waals surface area contributed by atoms with Crippen LogP contribution >= 0.6 is 0 Å². The summed E-state index contributed by atoms with van der Waals surface area (Å²) in [4.78, 5) is 34.6. The molecule has 1 aromatic rings. The number of carbonyl (C=O) groups excluding carboxylic acids is 2. The topological polar surface area (TPSA) is 95.7 Å². The summed E-state index contributed by atoms with van der Waals surface area (Å²) in [6.07, 6.45) is 0. The molecule has 7 rings (SSSR count). The van der Waals surface area contributed by atoms with Gasteiger partial charge in [0.15, 0.2) is 0 Å². The molecule has 0 N–H and O–H groups in total. The first kappa shape index (κ1) is 13.8. The molecule has 0 aliphatic heterocycles. The van der Waals surface area contributed by atoms with Crippen LogP contribution < -0.4 is 0 Å². The van der Waals surface area contributed by atoms with Gasteiger partial charge in [0.1, 0.15) is 0 Å². The molecule has 128 valence electrons. The van der Waals surface area contributed by atoms with Crippen LogP contribution in [0.25, 0.3) is 0 Å². The molecule has 6 aliphatic carbocycles. The molecule has 0 unspecified atom stereocenters. The summed E-state index contributed by atoms with van der Waals surface area (Å²) in [6.45, 7) is 0.370. The maximum absolute atomic E-state index is 12.3. The lowest BCUT2D eigenvalue weighted by Crippen LogP contribution is -3.11. The van der Waals surface area contributed by atoms with E-state index in [0.717, 1.165) is 0 Å². The highest BCUT2D eigenvalue weighted by Crippen LogP contribution is 3.10. The molecule has 25 heavy (non-hydrogen) atoms. The third-order valence-corrected chi connectivity index (χ3v) is 8.12. The molecule has 7 nitrogen and oxygen atoms in total. The van der Waals surface area contributed by atoms with Crippen LogP contribution in [0.15, 0.2) is 24.3 Å². The van der Waals surface area contributed by atoms with E-state index in [2.05, 4.69) is 0 Å². The number of benzene rings is 1. The molecule has 6 saturated carbocycles. The quantitative estimate of drug-likeness (QED) is 0.459. The van der Waals surface area contributed by atoms with Crippen molar-refractivity contribution in [2.45, 2.75) is 0 Å². The van der Waals surface area contributed by atoms with Crippen LogP contribution in [0.2, 0.25) is 0 Å².